The minimum absolute atomic E-state index is 0.105. The molecule has 0 fully saturated rings. The van der Waals surface area contributed by atoms with Crippen LogP contribution in [-0.2, 0) is 6.42 Å². The first-order chi connectivity index (χ1) is 6.24. The van der Waals surface area contributed by atoms with E-state index >= 15 is 0 Å². The zero-order chi connectivity index (χ0) is 9.68. The first kappa shape index (κ1) is 10.1. The minimum atomic E-state index is -2.37. The number of benzene rings is 1. The Balaban J connectivity index is 2.68. The van der Waals surface area contributed by atoms with Crippen LogP contribution in [0.5, 0.6) is 0 Å². The summed E-state index contributed by atoms with van der Waals surface area (Å²) in [6, 6.07) is 6.55. The van der Waals surface area contributed by atoms with Gasteiger partial charge in [-0.15, -0.1) is 0 Å². The fourth-order valence-electron chi connectivity index (χ4n) is 1.15. The maximum absolute atomic E-state index is 12.3. The zero-order valence-corrected chi connectivity index (χ0v) is 7.56. The van der Waals surface area contributed by atoms with Crippen LogP contribution in [0.1, 0.15) is 17.6 Å². The molecular formula is C10H13F2N. The van der Waals surface area contributed by atoms with Crippen molar-refractivity contribution in [2.24, 2.45) is 0 Å². The fraction of sp³-hybridized carbons (Fsp3) is 0.400. The van der Waals surface area contributed by atoms with Crippen molar-refractivity contribution >= 4 is 0 Å². The van der Waals surface area contributed by atoms with E-state index in [0.717, 1.165) is 18.5 Å². The van der Waals surface area contributed by atoms with Crippen LogP contribution in [0, 0.1) is 0 Å². The van der Waals surface area contributed by atoms with Crippen LogP contribution < -0.4 is 5.32 Å². The second kappa shape index (κ2) is 4.92. The van der Waals surface area contributed by atoms with E-state index in [1.54, 1.807) is 12.1 Å². The Morgan fingerprint density at radius 1 is 1.38 bits per heavy atom. The van der Waals surface area contributed by atoms with Gasteiger partial charge < -0.3 is 5.32 Å². The van der Waals surface area contributed by atoms with Crippen molar-refractivity contribution in [3.63, 3.8) is 0 Å². The molecule has 0 aliphatic heterocycles. The number of likely N-dealkylation sites (N-methyl/N-ethyl adjacent to an activating group) is 1. The summed E-state index contributed by atoms with van der Waals surface area (Å²) in [7, 11) is 1.84. The third kappa shape index (κ3) is 3.11. The van der Waals surface area contributed by atoms with Crippen LogP contribution in [-0.4, -0.2) is 13.6 Å². The molecule has 0 radical (unpaired) electrons. The number of halogens is 2. The third-order valence-electron chi connectivity index (χ3n) is 1.87. The van der Waals surface area contributed by atoms with Gasteiger partial charge >= 0.3 is 0 Å². The van der Waals surface area contributed by atoms with Gasteiger partial charge in [0.15, 0.2) is 0 Å². The largest absolute Gasteiger partial charge is 0.319 e. The highest BCUT2D eigenvalue weighted by Crippen LogP contribution is 2.19. The highest BCUT2D eigenvalue weighted by atomic mass is 19.3. The van der Waals surface area contributed by atoms with E-state index in [9.17, 15) is 8.78 Å². The summed E-state index contributed by atoms with van der Waals surface area (Å²) in [6.07, 6.45) is -1.58. The molecule has 1 nitrogen and oxygen atoms in total. The van der Waals surface area contributed by atoms with Gasteiger partial charge in [0, 0.05) is 5.56 Å². The number of hydrogen-bond acceptors (Lipinski definition) is 1. The summed E-state index contributed by atoms with van der Waals surface area (Å²) in [4.78, 5) is 0. The fourth-order valence-corrected chi connectivity index (χ4v) is 1.15. The second-order valence-corrected chi connectivity index (χ2v) is 2.90. The zero-order valence-electron chi connectivity index (χ0n) is 7.56. The molecule has 0 saturated heterocycles. The summed E-state index contributed by atoms with van der Waals surface area (Å²) < 4.78 is 24.5. The molecular weight excluding hydrogens is 172 g/mol. The van der Waals surface area contributed by atoms with Crippen LogP contribution in [0.3, 0.4) is 0 Å². The van der Waals surface area contributed by atoms with Crippen molar-refractivity contribution < 1.29 is 8.78 Å². The standard InChI is InChI=1S/C10H13F2N/c1-13-6-5-8-3-2-4-9(7-8)10(11)12/h2-4,7,10,13H,5-6H2,1H3. The van der Waals surface area contributed by atoms with E-state index in [0.29, 0.717) is 0 Å². The van der Waals surface area contributed by atoms with Gasteiger partial charge in [-0.1, -0.05) is 24.3 Å². The summed E-state index contributed by atoms with van der Waals surface area (Å²) in [6.45, 7) is 0.812. The van der Waals surface area contributed by atoms with E-state index in [2.05, 4.69) is 5.32 Å². The molecule has 0 bridgehead atoms. The Labute approximate surface area is 76.8 Å². The van der Waals surface area contributed by atoms with Crippen molar-refractivity contribution in [2.75, 3.05) is 13.6 Å². The van der Waals surface area contributed by atoms with Crippen molar-refractivity contribution in [1.82, 2.24) is 5.32 Å². The first-order valence-corrected chi connectivity index (χ1v) is 4.25. The lowest BCUT2D eigenvalue weighted by molar-refractivity contribution is 0.151. The smallest absolute Gasteiger partial charge is 0.263 e. The van der Waals surface area contributed by atoms with Gasteiger partial charge in [-0.25, -0.2) is 8.78 Å². The molecule has 0 amide bonds. The van der Waals surface area contributed by atoms with E-state index in [1.165, 1.54) is 6.07 Å². The molecule has 72 valence electrons. The second-order valence-electron chi connectivity index (χ2n) is 2.90. The van der Waals surface area contributed by atoms with Crippen molar-refractivity contribution in [1.29, 1.82) is 0 Å². The molecule has 3 heteroatoms. The molecule has 13 heavy (non-hydrogen) atoms. The summed E-state index contributed by atoms with van der Waals surface area (Å²) in [5.74, 6) is 0. The van der Waals surface area contributed by atoms with Crippen LogP contribution in [0.2, 0.25) is 0 Å². The number of nitrogens with one attached hydrogen (secondary N) is 1. The van der Waals surface area contributed by atoms with Crippen molar-refractivity contribution in [2.45, 2.75) is 12.8 Å². The maximum atomic E-state index is 12.3. The Hall–Kier alpha value is -0.960. The van der Waals surface area contributed by atoms with Gasteiger partial charge in [0.05, 0.1) is 0 Å². The predicted octanol–water partition coefficient (Wildman–Crippen LogP) is 2.39. The molecule has 0 aromatic heterocycles. The molecule has 0 aliphatic carbocycles. The molecule has 0 saturated carbocycles. The first-order valence-electron chi connectivity index (χ1n) is 4.25. The topological polar surface area (TPSA) is 12.0 Å². The molecule has 0 unspecified atom stereocenters. The molecule has 0 atom stereocenters. The molecule has 1 aromatic carbocycles. The molecule has 0 heterocycles. The average Bonchev–Trinajstić information content (AvgIpc) is 2.15. The SMILES string of the molecule is CNCCc1cccc(C(F)F)c1. The predicted molar refractivity (Wildman–Crippen MR) is 49.0 cm³/mol. The highest BCUT2D eigenvalue weighted by molar-refractivity contribution is 5.24. The van der Waals surface area contributed by atoms with Gasteiger partial charge in [-0.05, 0) is 25.6 Å². The van der Waals surface area contributed by atoms with Crippen LogP contribution in [0.25, 0.3) is 0 Å². The quantitative estimate of drug-likeness (QED) is 0.759. The third-order valence-corrected chi connectivity index (χ3v) is 1.87. The normalized spacial score (nSPS) is 10.8. The van der Waals surface area contributed by atoms with E-state index in [4.69, 9.17) is 0 Å². The number of alkyl halides is 2. The Morgan fingerprint density at radius 2 is 2.15 bits per heavy atom. The maximum Gasteiger partial charge on any atom is 0.263 e. The van der Waals surface area contributed by atoms with Crippen molar-refractivity contribution in [3.05, 3.63) is 35.4 Å². The Kier molecular flexibility index (Phi) is 3.83. The Bertz CT molecular complexity index is 261. The van der Waals surface area contributed by atoms with Crippen LogP contribution in [0.4, 0.5) is 8.78 Å². The molecule has 0 aliphatic rings. The molecule has 1 rings (SSSR count). The summed E-state index contributed by atoms with van der Waals surface area (Å²) >= 11 is 0. The lowest BCUT2D eigenvalue weighted by atomic mass is 10.1. The van der Waals surface area contributed by atoms with Crippen LogP contribution >= 0.6 is 0 Å². The van der Waals surface area contributed by atoms with Gasteiger partial charge in [0.2, 0.25) is 0 Å². The summed E-state index contributed by atoms with van der Waals surface area (Å²) in [5, 5.41) is 2.98. The lowest BCUT2D eigenvalue weighted by Gasteiger charge is -2.03. The van der Waals surface area contributed by atoms with E-state index in [-0.39, 0.29) is 5.56 Å². The number of hydrogen-bond donors (Lipinski definition) is 1. The summed E-state index contributed by atoms with van der Waals surface area (Å²) in [5.41, 5.74) is 1.06. The van der Waals surface area contributed by atoms with Gasteiger partial charge in [-0.3, -0.25) is 0 Å². The van der Waals surface area contributed by atoms with Crippen molar-refractivity contribution in [3.8, 4) is 0 Å². The van der Waals surface area contributed by atoms with Gasteiger partial charge in [0.1, 0.15) is 0 Å². The van der Waals surface area contributed by atoms with Gasteiger partial charge in [-0.2, -0.15) is 0 Å². The molecule has 1 aromatic rings. The monoisotopic (exact) mass is 185 g/mol. The minimum Gasteiger partial charge on any atom is -0.319 e. The lowest BCUT2D eigenvalue weighted by Crippen LogP contribution is -2.10. The molecule has 0 spiro atoms. The van der Waals surface area contributed by atoms with E-state index < -0.39 is 6.43 Å². The number of rotatable bonds is 4. The van der Waals surface area contributed by atoms with Gasteiger partial charge in [0.25, 0.3) is 6.43 Å². The average molecular weight is 185 g/mol. The molecule has 1 N–H and O–H groups in total. The Morgan fingerprint density at radius 3 is 2.77 bits per heavy atom. The van der Waals surface area contributed by atoms with E-state index in [1.807, 2.05) is 13.1 Å². The highest BCUT2D eigenvalue weighted by Gasteiger charge is 2.06. The van der Waals surface area contributed by atoms with Crippen LogP contribution in [0.15, 0.2) is 24.3 Å².